The molecule has 0 atom stereocenters. The van der Waals surface area contributed by atoms with Gasteiger partial charge in [0.1, 0.15) is 6.61 Å². The molecule has 0 saturated carbocycles. The van der Waals surface area contributed by atoms with Crippen LogP contribution in [-0.2, 0) is 21.5 Å². The smallest absolute Gasteiger partial charge is 0.243 e. The molecule has 0 aliphatic carbocycles. The van der Waals surface area contributed by atoms with E-state index in [0.29, 0.717) is 30.3 Å². The van der Waals surface area contributed by atoms with Gasteiger partial charge in [-0.15, -0.1) is 0 Å². The van der Waals surface area contributed by atoms with Crippen molar-refractivity contribution in [1.29, 1.82) is 0 Å². The molecule has 2 aromatic rings. The molecule has 0 aliphatic rings. The van der Waals surface area contributed by atoms with Crippen LogP contribution in [0.25, 0.3) is 0 Å². The van der Waals surface area contributed by atoms with Crippen molar-refractivity contribution in [2.24, 2.45) is 5.16 Å². The summed E-state index contributed by atoms with van der Waals surface area (Å²) in [5.74, 6) is 0. The van der Waals surface area contributed by atoms with Gasteiger partial charge in [0, 0.05) is 13.1 Å². The van der Waals surface area contributed by atoms with E-state index in [2.05, 4.69) is 23.4 Å². The molecule has 5 nitrogen and oxygen atoms in total. The molecule has 6 heteroatoms. The molecule has 0 aliphatic heterocycles. The first-order valence-corrected chi connectivity index (χ1v) is 10.6. The van der Waals surface area contributed by atoms with Crippen molar-refractivity contribution in [1.82, 2.24) is 4.31 Å². The molecule has 27 heavy (non-hydrogen) atoms. The van der Waals surface area contributed by atoms with Gasteiger partial charge in [0.2, 0.25) is 10.0 Å². The molecule has 0 saturated heterocycles. The Morgan fingerprint density at radius 3 is 2.26 bits per heavy atom. The fourth-order valence-corrected chi connectivity index (χ4v) is 4.25. The van der Waals surface area contributed by atoms with E-state index in [9.17, 15) is 8.42 Å². The molecule has 0 N–H and O–H groups in total. The minimum atomic E-state index is -3.44. The fraction of sp³-hybridized carbons (Fsp3) is 0.381. The van der Waals surface area contributed by atoms with E-state index in [-0.39, 0.29) is 0 Å². The van der Waals surface area contributed by atoms with E-state index in [1.165, 1.54) is 15.4 Å². The SMILES string of the molecule is CCN(CC)S(=O)(=O)c1ccc(/C(C)=N\OCc2cc(C)ccc2C)cc1. The summed E-state index contributed by atoms with van der Waals surface area (Å²) in [7, 11) is -3.44. The van der Waals surface area contributed by atoms with Gasteiger partial charge < -0.3 is 4.84 Å². The number of rotatable bonds is 8. The van der Waals surface area contributed by atoms with E-state index < -0.39 is 10.0 Å². The Morgan fingerprint density at radius 2 is 1.67 bits per heavy atom. The Morgan fingerprint density at radius 1 is 1.04 bits per heavy atom. The van der Waals surface area contributed by atoms with Crippen LogP contribution in [0, 0.1) is 13.8 Å². The highest BCUT2D eigenvalue weighted by Gasteiger charge is 2.21. The van der Waals surface area contributed by atoms with Crippen LogP contribution in [0.2, 0.25) is 0 Å². The number of oxime groups is 1. The number of benzene rings is 2. The van der Waals surface area contributed by atoms with Gasteiger partial charge in [-0.2, -0.15) is 4.31 Å². The maximum absolute atomic E-state index is 12.5. The lowest BCUT2D eigenvalue weighted by Gasteiger charge is -2.18. The van der Waals surface area contributed by atoms with E-state index in [0.717, 1.165) is 11.1 Å². The third kappa shape index (κ3) is 5.17. The molecule has 0 fully saturated rings. The average molecular weight is 389 g/mol. The van der Waals surface area contributed by atoms with Gasteiger partial charge in [0.25, 0.3) is 0 Å². The maximum atomic E-state index is 12.5. The molecule has 0 heterocycles. The van der Waals surface area contributed by atoms with Crippen LogP contribution in [0.4, 0.5) is 0 Å². The van der Waals surface area contributed by atoms with Crippen LogP contribution >= 0.6 is 0 Å². The summed E-state index contributed by atoms with van der Waals surface area (Å²) in [5.41, 5.74) is 4.98. The summed E-state index contributed by atoms with van der Waals surface area (Å²) in [4.78, 5) is 5.79. The van der Waals surface area contributed by atoms with Crippen molar-refractivity contribution < 1.29 is 13.3 Å². The first-order chi connectivity index (χ1) is 12.8. The Balaban J connectivity index is 2.10. The van der Waals surface area contributed by atoms with Crippen LogP contribution in [0.3, 0.4) is 0 Å². The van der Waals surface area contributed by atoms with E-state index in [4.69, 9.17) is 4.84 Å². The minimum Gasteiger partial charge on any atom is -0.391 e. The zero-order valence-corrected chi connectivity index (χ0v) is 17.5. The predicted molar refractivity (Wildman–Crippen MR) is 109 cm³/mol. The number of sulfonamides is 1. The van der Waals surface area contributed by atoms with Gasteiger partial charge in [-0.25, -0.2) is 8.42 Å². The molecule has 0 unspecified atom stereocenters. The Labute approximate surface area is 162 Å². The van der Waals surface area contributed by atoms with Crippen molar-refractivity contribution in [3.63, 3.8) is 0 Å². The van der Waals surface area contributed by atoms with Gasteiger partial charge >= 0.3 is 0 Å². The Bertz CT molecular complexity index is 900. The molecular formula is C21H28N2O3S. The van der Waals surface area contributed by atoms with Gasteiger partial charge in [0.05, 0.1) is 10.6 Å². The number of hydrogen-bond donors (Lipinski definition) is 0. The zero-order valence-electron chi connectivity index (χ0n) is 16.7. The Hall–Kier alpha value is -2.18. The van der Waals surface area contributed by atoms with E-state index in [1.807, 2.05) is 34.6 Å². The van der Waals surface area contributed by atoms with Crippen molar-refractivity contribution in [3.8, 4) is 0 Å². The Kier molecular flexibility index (Phi) is 7.16. The highest BCUT2D eigenvalue weighted by molar-refractivity contribution is 7.89. The second-order valence-electron chi connectivity index (χ2n) is 6.49. The molecule has 146 valence electrons. The lowest BCUT2D eigenvalue weighted by Crippen LogP contribution is -2.30. The lowest BCUT2D eigenvalue weighted by atomic mass is 10.1. The summed E-state index contributed by atoms with van der Waals surface area (Å²) < 4.78 is 26.5. The minimum absolute atomic E-state index is 0.291. The summed E-state index contributed by atoms with van der Waals surface area (Å²) in [6.07, 6.45) is 0. The highest BCUT2D eigenvalue weighted by atomic mass is 32.2. The zero-order chi connectivity index (χ0) is 20.0. The first-order valence-electron chi connectivity index (χ1n) is 9.12. The van der Waals surface area contributed by atoms with Crippen LogP contribution in [0.15, 0.2) is 52.5 Å². The van der Waals surface area contributed by atoms with Crippen molar-refractivity contribution in [2.75, 3.05) is 13.1 Å². The van der Waals surface area contributed by atoms with Crippen molar-refractivity contribution in [3.05, 3.63) is 64.7 Å². The third-order valence-electron chi connectivity index (χ3n) is 4.54. The molecule has 0 amide bonds. The molecule has 2 aromatic carbocycles. The number of hydrogen-bond acceptors (Lipinski definition) is 4. The van der Waals surface area contributed by atoms with Crippen LogP contribution < -0.4 is 0 Å². The van der Waals surface area contributed by atoms with Crippen LogP contribution in [0.5, 0.6) is 0 Å². The average Bonchev–Trinajstić information content (AvgIpc) is 2.65. The quantitative estimate of drug-likeness (QED) is 0.501. The van der Waals surface area contributed by atoms with Crippen molar-refractivity contribution in [2.45, 2.75) is 46.1 Å². The molecular weight excluding hydrogens is 360 g/mol. The fourth-order valence-electron chi connectivity index (χ4n) is 2.79. The van der Waals surface area contributed by atoms with Crippen LogP contribution in [-0.4, -0.2) is 31.5 Å². The van der Waals surface area contributed by atoms with Gasteiger partial charge in [-0.3, -0.25) is 0 Å². The largest absolute Gasteiger partial charge is 0.391 e. The maximum Gasteiger partial charge on any atom is 0.243 e. The number of aryl methyl sites for hydroxylation is 2. The second kappa shape index (κ2) is 9.15. The molecule has 2 rings (SSSR count). The molecule has 0 spiro atoms. The molecule has 0 radical (unpaired) electrons. The predicted octanol–water partition coefficient (Wildman–Crippen LogP) is 4.27. The summed E-state index contributed by atoms with van der Waals surface area (Å²) in [6.45, 7) is 10.9. The first kappa shape index (κ1) is 21.1. The standard InChI is InChI=1S/C21H28N2O3S/c1-6-23(7-2)27(24,25)21-12-10-19(11-13-21)18(5)22-26-15-20-14-16(3)8-9-17(20)4/h8-14H,6-7,15H2,1-5H3/b22-18-. The molecule has 0 bridgehead atoms. The van der Waals surface area contributed by atoms with Crippen LogP contribution in [0.1, 0.15) is 43.0 Å². The lowest BCUT2D eigenvalue weighted by molar-refractivity contribution is 0.130. The third-order valence-corrected chi connectivity index (χ3v) is 6.61. The van der Waals surface area contributed by atoms with Gasteiger partial charge in [-0.1, -0.05) is 54.9 Å². The van der Waals surface area contributed by atoms with Crippen molar-refractivity contribution >= 4 is 15.7 Å². The van der Waals surface area contributed by atoms with E-state index in [1.54, 1.807) is 24.3 Å². The van der Waals surface area contributed by atoms with Gasteiger partial charge in [-0.05, 0) is 49.6 Å². The number of nitrogens with zero attached hydrogens (tertiary/aromatic N) is 2. The monoisotopic (exact) mass is 388 g/mol. The van der Waals surface area contributed by atoms with Gasteiger partial charge in [0.15, 0.2) is 0 Å². The summed E-state index contributed by atoms with van der Waals surface area (Å²) >= 11 is 0. The topological polar surface area (TPSA) is 59.0 Å². The second-order valence-corrected chi connectivity index (χ2v) is 8.43. The summed E-state index contributed by atoms with van der Waals surface area (Å²) in [5, 5.41) is 4.18. The highest BCUT2D eigenvalue weighted by Crippen LogP contribution is 2.17. The molecule has 0 aromatic heterocycles. The van der Waals surface area contributed by atoms with E-state index >= 15 is 0 Å². The summed E-state index contributed by atoms with van der Waals surface area (Å²) in [6, 6.07) is 13.0. The normalized spacial score (nSPS) is 12.4.